The van der Waals surface area contributed by atoms with Crippen LogP contribution in [-0.2, 0) is 33.5 Å². The van der Waals surface area contributed by atoms with Crippen molar-refractivity contribution in [3.05, 3.63) is 51.4 Å². The molecule has 2 atom stereocenters. The predicted octanol–water partition coefficient (Wildman–Crippen LogP) is 3.77. The van der Waals surface area contributed by atoms with Crippen LogP contribution in [0.4, 0.5) is 5.00 Å². The molecule has 0 fully saturated rings. The molecule has 0 spiro atoms. The van der Waals surface area contributed by atoms with Gasteiger partial charge in [0.05, 0.1) is 17.7 Å². The van der Waals surface area contributed by atoms with Crippen LogP contribution in [0, 0.1) is 5.92 Å². The number of ether oxygens (including phenoxy) is 2. The first-order valence-electron chi connectivity index (χ1n) is 9.89. The van der Waals surface area contributed by atoms with Crippen LogP contribution in [0.25, 0.3) is 0 Å². The minimum Gasteiger partial charge on any atom is -0.462 e. The Morgan fingerprint density at radius 2 is 2.07 bits per heavy atom. The number of esters is 2. The molecule has 0 bridgehead atoms. The number of anilines is 1. The maximum Gasteiger partial charge on any atom is 0.341 e. The fourth-order valence-electron chi connectivity index (χ4n) is 3.93. The van der Waals surface area contributed by atoms with Gasteiger partial charge in [-0.15, -0.1) is 11.3 Å². The first-order valence-corrected chi connectivity index (χ1v) is 10.7. The maximum atomic E-state index is 12.9. The lowest BCUT2D eigenvalue weighted by molar-refractivity contribution is -0.125. The lowest BCUT2D eigenvalue weighted by Crippen LogP contribution is -2.38. The summed E-state index contributed by atoms with van der Waals surface area (Å²) in [6.07, 6.45) is 2.06. The minimum absolute atomic E-state index is 0.268. The Morgan fingerprint density at radius 3 is 2.86 bits per heavy atom. The van der Waals surface area contributed by atoms with Crippen LogP contribution in [0.1, 0.15) is 57.0 Å². The average molecular weight is 413 g/mol. The van der Waals surface area contributed by atoms with Crippen molar-refractivity contribution in [2.45, 2.75) is 45.6 Å². The molecule has 1 aromatic carbocycles. The van der Waals surface area contributed by atoms with E-state index in [4.69, 9.17) is 9.47 Å². The van der Waals surface area contributed by atoms with Crippen LogP contribution >= 0.6 is 11.3 Å². The van der Waals surface area contributed by atoms with Crippen LogP contribution in [0.5, 0.6) is 0 Å². The van der Waals surface area contributed by atoms with Gasteiger partial charge in [-0.2, -0.15) is 0 Å². The first kappa shape index (κ1) is 19.6. The molecule has 7 heteroatoms. The Balaban J connectivity index is 1.60. The lowest BCUT2D eigenvalue weighted by Gasteiger charge is -2.23. The van der Waals surface area contributed by atoms with Gasteiger partial charge >= 0.3 is 11.9 Å². The van der Waals surface area contributed by atoms with Gasteiger partial charge in [0, 0.05) is 11.3 Å². The quantitative estimate of drug-likeness (QED) is 0.772. The van der Waals surface area contributed by atoms with Crippen LogP contribution in [0.15, 0.2) is 24.3 Å². The molecule has 152 valence electrons. The average Bonchev–Trinajstić information content (AvgIpc) is 3.05. The van der Waals surface area contributed by atoms with Crippen LogP contribution in [0.3, 0.4) is 0 Å². The molecule has 4 rings (SSSR count). The van der Waals surface area contributed by atoms with Gasteiger partial charge in [-0.3, -0.25) is 4.79 Å². The van der Waals surface area contributed by atoms with Crippen molar-refractivity contribution < 1.29 is 23.9 Å². The SMILES string of the molecule is CCOC(=O)c1c(NC(=O)[C@H]2Cc3ccccc3C(=O)O2)sc2c1CC[C@@H](C)C2. The number of rotatable bonds is 4. The number of amides is 1. The van der Waals surface area contributed by atoms with Gasteiger partial charge in [0.2, 0.25) is 0 Å². The molecule has 2 aliphatic rings. The van der Waals surface area contributed by atoms with Crippen molar-refractivity contribution >= 4 is 34.2 Å². The van der Waals surface area contributed by atoms with E-state index in [9.17, 15) is 14.4 Å². The number of cyclic esters (lactones) is 1. The Hall–Kier alpha value is -2.67. The zero-order valence-electron chi connectivity index (χ0n) is 16.4. The van der Waals surface area contributed by atoms with Crippen LogP contribution in [0.2, 0.25) is 0 Å². The Bertz CT molecular complexity index is 980. The van der Waals surface area contributed by atoms with E-state index in [0.29, 0.717) is 28.5 Å². The molecular formula is C22H23NO5S. The van der Waals surface area contributed by atoms with Crippen molar-refractivity contribution in [1.82, 2.24) is 0 Å². The summed E-state index contributed by atoms with van der Waals surface area (Å²) in [5.74, 6) is -0.807. The second-order valence-electron chi connectivity index (χ2n) is 7.52. The summed E-state index contributed by atoms with van der Waals surface area (Å²) in [6, 6.07) is 7.12. The number of hydrogen-bond donors (Lipinski definition) is 1. The van der Waals surface area contributed by atoms with Gasteiger partial charge in [0.25, 0.3) is 5.91 Å². The predicted molar refractivity (Wildman–Crippen MR) is 109 cm³/mol. The summed E-state index contributed by atoms with van der Waals surface area (Å²) in [5.41, 5.74) is 2.71. The number of carbonyl (C=O) groups is 3. The smallest absolute Gasteiger partial charge is 0.341 e. The number of fused-ring (bicyclic) bond motifs is 2. The molecule has 0 saturated carbocycles. The molecular weight excluding hydrogens is 390 g/mol. The molecule has 6 nitrogen and oxygen atoms in total. The standard InChI is InChI=1S/C22H23NO5S/c1-3-27-22(26)18-15-9-8-12(2)10-17(15)29-20(18)23-19(24)16-11-13-6-4-5-7-14(13)21(25)28-16/h4-7,12,16H,3,8-11H2,1-2H3,(H,23,24)/t12-,16-/m1/s1. The second kappa shape index (κ2) is 7.99. The van der Waals surface area contributed by atoms with Crippen LogP contribution in [-0.4, -0.2) is 30.6 Å². The molecule has 0 saturated heterocycles. The number of hydrogen-bond acceptors (Lipinski definition) is 6. The topological polar surface area (TPSA) is 81.7 Å². The highest BCUT2D eigenvalue weighted by atomic mass is 32.1. The summed E-state index contributed by atoms with van der Waals surface area (Å²) in [6.45, 7) is 4.21. The van der Waals surface area contributed by atoms with Gasteiger partial charge in [0.1, 0.15) is 5.00 Å². The van der Waals surface area contributed by atoms with Gasteiger partial charge in [-0.1, -0.05) is 25.1 Å². The van der Waals surface area contributed by atoms with E-state index < -0.39 is 23.9 Å². The zero-order valence-corrected chi connectivity index (χ0v) is 17.3. The van der Waals surface area contributed by atoms with Crippen molar-refractivity contribution in [2.24, 2.45) is 5.92 Å². The van der Waals surface area contributed by atoms with Crippen molar-refractivity contribution in [2.75, 3.05) is 11.9 Å². The van der Waals surface area contributed by atoms with E-state index >= 15 is 0 Å². The molecule has 1 aromatic heterocycles. The first-order chi connectivity index (χ1) is 14.0. The van der Waals surface area contributed by atoms with Crippen LogP contribution < -0.4 is 5.32 Å². The molecule has 2 aromatic rings. The van der Waals surface area contributed by atoms with Gasteiger partial charge in [-0.05, 0) is 49.3 Å². The number of benzene rings is 1. The van der Waals surface area contributed by atoms with Gasteiger partial charge in [0.15, 0.2) is 6.10 Å². The van der Waals surface area contributed by atoms with E-state index in [0.717, 1.165) is 35.3 Å². The maximum absolute atomic E-state index is 12.9. The minimum atomic E-state index is -0.925. The third-order valence-corrected chi connectivity index (χ3v) is 6.58. The number of nitrogens with one attached hydrogen (secondary N) is 1. The Labute approximate surface area is 173 Å². The van der Waals surface area contributed by atoms with Gasteiger partial charge < -0.3 is 14.8 Å². The number of thiophene rings is 1. The molecule has 2 heterocycles. The zero-order chi connectivity index (χ0) is 20.5. The highest BCUT2D eigenvalue weighted by Gasteiger charge is 2.34. The summed E-state index contributed by atoms with van der Waals surface area (Å²) in [5, 5.41) is 3.33. The fraction of sp³-hybridized carbons (Fsp3) is 0.409. The summed E-state index contributed by atoms with van der Waals surface area (Å²) < 4.78 is 10.6. The summed E-state index contributed by atoms with van der Waals surface area (Å²) in [7, 11) is 0. The molecule has 0 unspecified atom stereocenters. The van der Waals surface area contributed by atoms with Crippen molar-refractivity contribution in [3.63, 3.8) is 0 Å². The Kier molecular flexibility index (Phi) is 5.41. The van der Waals surface area contributed by atoms with E-state index in [2.05, 4.69) is 12.2 Å². The lowest BCUT2D eigenvalue weighted by atomic mass is 9.88. The second-order valence-corrected chi connectivity index (χ2v) is 8.63. The van der Waals surface area contributed by atoms with E-state index in [1.54, 1.807) is 19.1 Å². The summed E-state index contributed by atoms with van der Waals surface area (Å²) >= 11 is 1.43. The Morgan fingerprint density at radius 1 is 1.28 bits per heavy atom. The molecule has 1 N–H and O–H groups in total. The largest absolute Gasteiger partial charge is 0.462 e. The molecule has 1 aliphatic carbocycles. The molecule has 1 amide bonds. The highest BCUT2D eigenvalue weighted by Crippen LogP contribution is 2.40. The summed E-state index contributed by atoms with van der Waals surface area (Å²) in [4.78, 5) is 38.9. The highest BCUT2D eigenvalue weighted by molar-refractivity contribution is 7.17. The van der Waals surface area contributed by atoms with Crippen molar-refractivity contribution in [3.8, 4) is 0 Å². The van der Waals surface area contributed by atoms with E-state index in [-0.39, 0.29) is 6.61 Å². The molecule has 0 radical (unpaired) electrons. The van der Waals surface area contributed by atoms with Crippen molar-refractivity contribution in [1.29, 1.82) is 0 Å². The third-order valence-electron chi connectivity index (χ3n) is 5.41. The van der Waals surface area contributed by atoms with E-state index in [1.165, 1.54) is 11.3 Å². The molecule has 1 aliphatic heterocycles. The fourth-order valence-corrected chi connectivity index (χ4v) is 5.33. The normalized spacial score (nSPS) is 20.3. The van der Waals surface area contributed by atoms with Gasteiger partial charge in [-0.25, -0.2) is 9.59 Å². The van der Waals surface area contributed by atoms with E-state index in [1.807, 2.05) is 12.1 Å². The molecule has 29 heavy (non-hydrogen) atoms. The number of carbonyl (C=O) groups excluding carboxylic acids is 3. The monoisotopic (exact) mass is 413 g/mol. The third kappa shape index (κ3) is 3.79.